The van der Waals surface area contributed by atoms with Gasteiger partial charge < -0.3 is 0 Å². The van der Waals surface area contributed by atoms with Crippen LogP contribution >= 0.6 is 23.1 Å². The molecule has 0 saturated heterocycles. The molecule has 0 aliphatic rings. The molecule has 0 aliphatic heterocycles. The van der Waals surface area contributed by atoms with Gasteiger partial charge in [-0.3, -0.25) is 5.43 Å². The van der Waals surface area contributed by atoms with E-state index in [1.165, 1.54) is 15.3 Å². The van der Waals surface area contributed by atoms with E-state index in [1.807, 2.05) is 12.1 Å². The Morgan fingerprint density at radius 1 is 1.20 bits per heavy atom. The molecule has 2 aromatic heterocycles. The molecule has 0 bridgehead atoms. The minimum atomic E-state index is 0.454. The Balaban J connectivity index is 2.12. The number of thiophene rings is 1. The zero-order valence-electron chi connectivity index (χ0n) is 11.2. The zero-order valence-corrected chi connectivity index (χ0v) is 12.8. The Labute approximate surface area is 125 Å². The van der Waals surface area contributed by atoms with Crippen molar-refractivity contribution in [3.63, 3.8) is 0 Å². The van der Waals surface area contributed by atoms with Crippen LogP contribution < -0.4 is 11.3 Å². The molecule has 6 heteroatoms. The van der Waals surface area contributed by atoms with Crippen LogP contribution in [0, 0.1) is 13.8 Å². The van der Waals surface area contributed by atoms with Crippen LogP contribution in [0.15, 0.2) is 40.3 Å². The minimum absolute atomic E-state index is 0.454. The molecule has 0 radical (unpaired) electrons. The van der Waals surface area contributed by atoms with E-state index >= 15 is 0 Å². The average Bonchev–Trinajstić information content (AvgIpc) is 2.81. The van der Waals surface area contributed by atoms with Crippen molar-refractivity contribution < 1.29 is 0 Å². The number of rotatable bonds is 3. The monoisotopic (exact) mass is 302 g/mol. The SMILES string of the molecule is Cc1cc2c(Sc3ccccc3C)nc(NN)nc2s1. The van der Waals surface area contributed by atoms with Crippen LogP contribution in [0.25, 0.3) is 10.2 Å². The van der Waals surface area contributed by atoms with Gasteiger partial charge in [-0.05, 0) is 31.5 Å². The molecule has 3 aromatic rings. The van der Waals surface area contributed by atoms with Gasteiger partial charge in [-0.25, -0.2) is 15.8 Å². The highest BCUT2D eigenvalue weighted by Crippen LogP contribution is 2.36. The molecular weight excluding hydrogens is 288 g/mol. The number of fused-ring (bicyclic) bond motifs is 1. The number of nitrogens with two attached hydrogens (primary N) is 1. The summed E-state index contributed by atoms with van der Waals surface area (Å²) >= 11 is 3.30. The lowest BCUT2D eigenvalue weighted by Crippen LogP contribution is -2.10. The van der Waals surface area contributed by atoms with Crippen molar-refractivity contribution >= 4 is 39.3 Å². The summed E-state index contributed by atoms with van der Waals surface area (Å²) in [6.45, 7) is 4.17. The molecule has 4 nitrogen and oxygen atoms in total. The van der Waals surface area contributed by atoms with Crippen LogP contribution in [-0.4, -0.2) is 9.97 Å². The number of nitrogens with one attached hydrogen (secondary N) is 1. The van der Waals surface area contributed by atoms with E-state index in [1.54, 1.807) is 23.1 Å². The maximum atomic E-state index is 5.46. The van der Waals surface area contributed by atoms with Crippen molar-refractivity contribution in [1.29, 1.82) is 0 Å². The number of aromatic nitrogens is 2. The first-order chi connectivity index (χ1) is 9.67. The van der Waals surface area contributed by atoms with E-state index in [0.717, 1.165) is 15.2 Å². The average molecular weight is 302 g/mol. The molecule has 0 fully saturated rings. The number of hydrogen-bond acceptors (Lipinski definition) is 6. The van der Waals surface area contributed by atoms with Gasteiger partial charge in [0, 0.05) is 15.2 Å². The maximum Gasteiger partial charge on any atom is 0.239 e. The summed E-state index contributed by atoms with van der Waals surface area (Å²) in [6, 6.07) is 10.4. The summed E-state index contributed by atoms with van der Waals surface area (Å²) in [7, 11) is 0. The fraction of sp³-hybridized carbons (Fsp3) is 0.143. The first-order valence-electron chi connectivity index (χ1n) is 6.15. The lowest BCUT2D eigenvalue weighted by molar-refractivity contribution is 1.07. The van der Waals surface area contributed by atoms with Gasteiger partial charge in [0.25, 0.3) is 0 Å². The molecule has 102 valence electrons. The van der Waals surface area contributed by atoms with Crippen molar-refractivity contribution in [3.8, 4) is 0 Å². The predicted molar refractivity (Wildman–Crippen MR) is 85.3 cm³/mol. The van der Waals surface area contributed by atoms with E-state index in [4.69, 9.17) is 5.84 Å². The normalized spacial score (nSPS) is 10.9. The standard InChI is InChI=1S/C14H14N4S2/c1-8-5-3-4-6-11(8)20-13-10-7-9(2)19-12(10)16-14(17-13)18-15/h3-7H,15H2,1-2H3,(H,16,17,18). The fourth-order valence-corrected chi connectivity index (χ4v) is 3.86. The second-order valence-corrected chi connectivity index (χ2v) is 6.71. The van der Waals surface area contributed by atoms with E-state index < -0.39 is 0 Å². The van der Waals surface area contributed by atoms with Crippen LogP contribution in [0.5, 0.6) is 0 Å². The lowest BCUT2D eigenvalue weighted by atomic mass is 10.2. The van der Waals surface area contributed by atoms with E-state index in [0.29, 0.717) is 5.95 Å². The van der Waals surface area contributed by atoms with Gasteiger partial charge in [-0.2, -0.15) is 0 Å². The van der Waals surface area contributed by atoms with Crippen molar-refractivity contribution in [2.24, 2.45) is 5.84 Å². The minimum Gasteiger partial charge on any atom is -0.292 e. The van der Waals surface area contributed by atoms with Crippen LogP contribution in [-0.2, 0) is 0 Å². The second kappa shape index (κ2) is 5.40. The molecule has 0 aliphatic carbocycles. The number of hydrogen-bond donors (Lipinski definition) is 2. The number of benzene rings is 1. The van der Waals surface area contributed by atoms with Gasteiger partial charge in [0.2, 0.25) is 5.95 Å². The molecule has 2 heterocycles. The summed E-state index contributed by atoms with van der Waals surface area (Å²) in [4.78, 5) is 12.3. The van der Waals surface area contributed by atoms with E-state index in [2.05, 4.69) is 47.4 Å². The highest BCUT2D eigenvalue weighted by atomic mass is 32.2. The number of anilines is 1. The summed E-state index contributed by atoms with van der Waals surface area (Å²) in [5.74, 6) is 5.91. The van der Waals surface area contributed by atoms with Gasteiger partial charge in [0.05, 0.1) is 0 Å². The highest BCUT2D eigenvalue weighted by molar-refractivity contribution is 7.99. The Morgan fingerprint density at radius 2 is 2.00 bits per heavy atom. The zero-order chi connectivity index (χ0) is 14.1. The molecule has 3 N–H and O–H groups in total. The van der Waals surface area contributed by atoms with Crippen molar-refractivity contribution in [3.05, 3.63) is 40.8 Å². The first-order valence-corrected chi connectivity index (χ1v) is 7.79. The number of hydrazine groups is 1. The summed E-state index contributed by atoms with van der Waals surface area (Å²) in [6.07, 6.45) is 0. The largest absolute Gasteiger partial charge is 0.292 e. The van der Waals surface area contributed by atoms with Crippen LogP contribution in [0.1, 0.15) is 10.4 Å². The van der Waals surface area contributed by atoms with E-state index in [9.17, 15) is 0 Å². The lowest BCUT2D eigenvalue weighted by Gasteiger charge is -2.07. The third kappa shape index (κ3) is 2.49. The quantitative estimate of drug-likeness (QED) is 0.438. The molecular formula is C14H14N4S2. The Hall–Kier alpha value is -1.63. The molecule has 20 heavy (non-hydrogen) atoms. The predicted octanol–water partition coefficient (Wildman–Crippen LogP) is 3.74. The third-order valence-corrected chi connectivity index (χ3v) is 5.04. The molecule has 0 atom stereocenters. The second-order valence-electron chi connectivity index (χ2n) is 4.44. The van der Waals surface area contributed by atoms with Gasteiger partial charge in [0.1, 0.15) is 9.86 Å². The molecule has 0 saturated carbocycles. The van der Waals surface area contributed by atoms with Gasteiger partial charge in [-0.15, -0.1) is 11.3 Å². The van der Waals surface area contributed by atoms with Crippen molar-refractivity contribution in [1.82, 2.24) is 9.97 Å². The summed E-state index contributed by atoms with van der Waals surface area (Å²) in [5, 5.41) is 2.02. The number of aryl methyl sites for hydroxylation is 2. The topological polar surface area (TPSA) is 63.8 Å². The Bertz CT molecular complexity index is 767. The van der Waals surface area contributed by atoms with E-state index in [-0.39, 0.29) is 0 Å². The molecule has 0 amide bonds. The third-order valence-electron chi connectivity index (χ3n) is 2.91. The van der Waals surface area contributed by atoms with Crippen molar-refractivity contribution in [2.75, 3.05) is 5.43 Å². The maximum absolute atomic E-state index is 5.46. The Morgan fingerprint density at radius 3 is 2.75 bits per heavy atom. The van der Waals surface area contributed by atoms with Gasteiger partial charge >= 0.3 is 0 Å². The highest BCUT2D eigenvalue weighted by Gasteiger charge is 2.12. The summed E-state index contributed by atoms with van der Waals surface area (Å²) < 4.78 is 0. The van der Waals surface area contributed by atoms with Crippen LogP contribution in [0.4, 0.5) is 5.95 Å². The van der Waals surface area contributed by atoms with Gasteiger partial charge in [0.15, 0.2) is 0 Å². The number of nitrogen functional groups attached to an aromatic ring is 1. The van der Waals surface area contributed by atoms with Crippen LogP contribution in [0.2, 0.25) is 0 Å². The molecule has 3 rings (SSSR count). The molecule has 0 unspecified atom stereocenters. The molecule has 0 spiro atoms. The smallest absolute Gasteiger partial charge is 0.239 e. The molecule has 1 aromatic carbocycles. The number of nitrogens with zero attached hydrogens (tertiary/aromatic N) is 2. The summed E-state index contributed by atoms with van der Waals surface area (Å²) in [5.41, 5.74) is 3.77. The fourth-order valence-electron chi connectivity index (χ4n) is 1.93. The first kappa shape index (κ1) is 13.4. The van der Waals surface area contributed by atoms with Crippen molar-refractivity contribution in [2.45, 2.75) is 23.8 Å². The Kier molecular flexibility index (Phi) is 3.60. The van der Waals surface area contributed by atoms with Gasteiger partial charge in [-0.1, -0.05) is 30.0 Å². The van der Waals surface area contributed by atoms with Crippen LogP contribution in [0.3, 0.4) is 0 Å².